The van der Waals surface area contributed by atoms with Crippen molar-refractivity contribution in [2.75, 3.05) is 0 Å². The third-order valence-electron chi connectivity index (χ3n) is 1.31. The Morgan fingerprint density at radius 2 is 2.09 bits per heavy atom. The van der Waals surface area contributed by atoms with Crippen LogP contribution in [-0.4, -0.2) is 0 Å². The first kappa shape index (κ1) is 6.88. The van der Waals surface area contributed by atoms with Crippen LogP contribution in [0.2, 0.25) is 5.02 Å². The average Bonchev–Trinajstić information content (AvgIpc) is 2.31. The van der Waals surface area contributed by atoms with Gasteiger partial charge in [-0.1, -0.05) is 17.7 Å². The summed E-state index contributed by atoms with van der Waals surface area (Å²) in [7, 11) is 0. The van der Waals surface area contributed by atoms with Gasteiger partial charge in [-0.15, -0.1) is 0 Å². The highest BCUT2D eigenvalue weighted by Gasteiger charge is 2.03. The van der Waals surface area contributed by atoms with Crippen molar-refractivity contribution in [3.05, 3.63) is 28.1 Å². The fraction of sp³-hybridized carbons (Fsp3) is 0. The van der Waals surface area contributed by atoms with E-state index in [2.05, 4.69) is 12.2 Å². The van der Waals surface area contributed by atoms with Gasteiger partial charge in [-0.25, -0.2) is 0 Å². The van der Waals surface area contributed by atoms with E-state index in [1.165, 1.54) is 0 Å². The molecule has 0 aliphatic rings. The van der Waals surface area contributed by atoms with E-state index in [0.29, 0.717) is 16.2 Å². The van der Waals surface area contributed by atoms with Crippen LogP contribution in [0.4, 0.5) is 0 Å². The average molecular weight is 187 g/mol. The van der Waals surface area contributed by atoms with Gasteiger partial charge in [0.05, 0.1) is 5.02 Å². The lowest BCUT2D eigenvalue weighted by Crippen LogP contribution is -1.63. The lowest BCUT2D eigenvalue weighted by Gasteiger charge is -1.85. The normalized spacial score (nSPS) is 10.6. The summed E-state index contributed by atoms with van der Waals surface area (Å²) in [5.41, 5.74) is 1.10. The van der Waals surface area contributed by atoms with Gasteiger partial charge in [0.15, 0.2) is 11.2 Å². The molecule has 2 rings (SSSR count). The first-order valence-corrected chi connectivity index (χ1v) is 3.74. The van der Waals surface area contributed by atoms with Crippen molar-refractivity contribution in [2.24, 2.45) is 0 Å². The molecule has 0 unspecified atom stereocenters. The summed E-state index contributed by atoms with van der Waals surface area (Å²) < 4.78 is 10.0. The predicted octanol–water partition coefficient (Wildman–Crippen LogP) is 3.41. The molecular weight excluding hydrogens is 184 g/mol. The van der Waals surface area contributed by atoms with E-state index in [1.54, 1.807) is 18.2 Å². The quantitative estimate of drug-likeness (QED) is 0.590. The lowest BCUT2D eigenvalue weighted by atomic mass is 10.3. The molecule has 1 aromatic heterocycles. The highest BCUT2D eigenvalue weighted by atomic mass is 35.5. The molecule has 0 bridgehead atoms. The lowest BCUT2D eigenvalue weighted by molar-refractivity contribution is 0.444. The van der Waals surface area contributed by atoms with Crippen LogP contribution in [-0.2, 0) is 0 Å². The smallest absolute Gasteiger partial charge is 0.363 e. The Morgan fingerprint density at radius 1 is 1.27 bits per heavy atom. The van der Waals surface area contributed by atoms with E-state index in [-0.39, 0.29) is 4.90 Å². The first-order chi connectivity index (χ1) is 5.27. The van der Waals surface area contributed by atoms with E-state index in [0.717, 1.165) is 0 Å². The molecule has 11 heavy (non-hydrogen) atoms. The van der Waals surface area contributed by atoms with Crippen molar-refractivity contribution in [1.82, 2.24) is 0 Å². The van der Waals surface area contributed by atoms with Crippen molar-refractivity contribution >= 4 is 35.0 Å². The molecule has 0 saturated heterocycles. The first-order valence-electron chi connectivity index (χ1n) is 2.95. The van der Waals surface area contributed by atoms with Gasteiger partial charge in [0, 0.05) is 12.2 Å². The van der Waals surface area contributed by atoms with Gasteiger partial charge in [0.1, 0.15) is 0 Å². The second kappa shape index (κ2) is 2.36. The molecule has 0 radical (unpaired) electrons. The minimum absolute atomic E-state index is 0.105. The number of benzene rings is 1. The molecule has 0 N–H and O–H groups in total. The zero-order chi connectivity index (χ0) is 7.84. The number of halogens is 1. The molecule has 0 aliphatic carbocycles. The van der Waals surface area contributed by atoms with Gasteiger partial charge in [0.2, 0.25) is 0 Å². The highest BCUT2D eigenvalue weighted by Crippen LogP contribution is 2.24. The van der Waals surface area contributed by atoms with Crippen LogP contribution in [0.25, 0.3) is 11.2 Å². The Morgan fingerprint density at radius 3 is 2.82 bits per heavy atom. The fourth-order valence-electron chi connectivity index (χ4n) is 0.862. The minimum atomic E-state index is 0.105. The molecule has 0 aliphatic heterocycles. The molecule has 0 spiro atoms. The zero-order valence-electron chi connectivity index (χ0n) is 5.33. The molecule has 1 heterocycles. The molecule has 0 amide bonds. The monoisotopic (exact) mass is 186 g/mol. The second-order valence-corrected chi connectivity index (χ2v) is 2.76. The SMILES string of the molecule is S=c1oc2cccc(Cl)c2o1. The van der Waals surface area contributed by atoms with Gasteiger partial charge >= 0.3 is 4.90 Å². The number of para-hydroxylation sites is 1. The Bertz CT molecular complexity index is 443. The van der Waals surface area contributed by atoms with E-state index in [1.807, 2.05) is 0 Å². The topological polar surface area (TPSA) is 26.3 Å². The summed E-state index contributed by atoms with van der Waals surface area (Å²) in [5.74, 6) is 0. The maximum absolute atomic E-state index is 5.77. The molecule has 4 heteroatoms. The van der Waals surface area contributed by atoms with E-state index in [9.17, 15) is 0 Å². The van der Waals surface area contributed by atoms with Crippen LogP contribution >= 0.6 is 23.8 Å². The molecule has 2 nitrogen and oxygen atoms in total. The van der Waals surface area contributed by atoms with Crippen molar-refractivity contribution in [1.29, 1.82) is 0 Å². The summed E-state index contributed by atoms with van der Waals surface area (Å²) in [6.45, 7) is 0. The molecular formula is C7H3ClO2S. The van der Waals surface area contributed by atoms with Gasteiger partial charge < -0.3 is 8.83 Å². The summed E-state index contributed by atoms with van der Waals surface area (Å²) >= 11 is 10.5. The van der Waals surface area contributed by atoms with Gasteiger partial charge in [-0.05, 0) is 12.1 Å². The van der Waals surface area contributed by atoms with Crippen LogP contribution in [0.1, 0.15) is 0 Å². The van der Waals surface area contributed by atoms with Gasteiger partial charge in [-0.3, -0.25) is 0 Å². The van der Waals surface area contributed by atoms with Crippen LogP contribution < -0.4 is 0 Å². The summed E-state index contributed by atoms with van der Waals surface area (Å²) in [4.78, 5) is 0.105. The third kappa shape index (κ3) is 1.06. The summed E-state index contributed by atoms with van der Waals surface area (Å²) in [5, 5.41) is 0.516. The largest absolute Gasteiger partial charge is 0.413 e. The maximum Gasteiger partial charge on any atom is 0.363 e. The predicted molar refractivity (Wildman–Crippen MR) is 44.3 cm³/mol. The van der Waals surface area contributed by atoms with Crippen LogP contribution in [0.5, 0.6) is 0 Å². The van der Waals surface area contributed by atoms with Crippen LogP contribution in [0.3, 0.4) is 0 Å². The highest BCUT2D eigenvalue weighted by molar-refractivity contribution is 7.71. The van der Waals surface area contributed by atoms with Crippen molar-refractivity contribution < 1.29 is 8.83 Å². The van der Waals surface area contributed by atoms with Crippen LogP contribution in [0.15, 0.2) is 27.0 Å². The van der Waals surface area contributed by atoms with Crippen LogP contribution in [0, 0.1) is 4.90 Å². The zero-order valence-corrected chi connectivity index (χ0v) is 6.91. The van der Waals surface area contributed by atoms with Crippen molar-refractivity contribution in [3.8, 4) is 0 Å². The molecule has 1 aromatic carbocycles. The number of hydrogen-bond acceptors (Lipinski definition) is 3. The molecule has 56 valence electrons. The van der Waals surface area contributed by atoms with Crippen molar-refractivity contribution in [3.63, 3.8) is 0 Å². The number of fused-ring (bicyclic) bond motifs is 1. The molecule has 0 atom stereocenters. The van der Waals surface area contributed by atoms with Crippen molar-refractivity contribution in [2.45, 2.75) is 0 Å². The molecule has 0 saturated carbocycles. The van der Waals surface area contributed by atoms with Gasteiger partial charge in [-0.2, -0.15) is 0 Å². The van der Waals surface area contributed by atoms with E-state index >= 15 is 0 Å². The Kier molecular flexibility index (Phi) is 1.47. The van der Waals surface area contributed by atoms with E-state index < -0.39 is 0 Å². The molecule has 0 fully saturated rings. The van der Waals surface area contributed by atoms with E-state index in [4.69, 9.17) is 20.4 Å². The Labute approximate surface area is 72.4 Å². The Hall–Kier alpha value is -0.800. The third-order valence-corrected chi connectivity index (χ3v) is 1.77. The maximum atomic E-state index is 5.77. The fourth-order valence-corrected chi connectivity index (χ4v) is 1.24. The van der Waals surface area contributed by atoms with Gasteiger partial charge in [0.25, 0.3) is 0 Å². The second-order valence-electron chi connectivity index (χ2n) is 2.02. The summed E-state index contributed by atoms with van der Waals surface area (Å²) in [6, 6.07) is 5.25. The standard InChI is InChI=1S/C7H3ClO2S/c8-4-2-1-3-5-6(4)10-7(11)9-5/h1-3H. The Balaban J connectivity index is 3.01. The number of hydrogen-bond donors (Lipinski definition) is 0. The summed E-state index contributed by atoms with van der Waals surface area (Å²) in [6.07, 6.45) is 0. The number of rotatable bonds is 0. The minimum Gasteiger partial charge on any atom is -0.413 e. The molecule has 2 aromatic rings.